The van der Waals surface area contributed by atoms with E-state index in [9.17, 15) is 0 Å². The lowest BCUT2D eigenvalue weighted by molar-refractivity contribution is 0.663. The summed E-state index contributed by atoms with van der Waals surface area (Å²) >= 11 is 1.99. The Kier molecular flexibility index (Phi) is 6.55. The van der Waals surface area contributed by atoms with Crippen molar-refractivity contribution in [2.24, 2.45) is 0 Å². The average molecular weight is 711 g/mol. The maximum Gasteiger partial charge on any atom is 0.147 e. The predicted molar refractivity (Wildman–Crippen MR) is 229 cm³/mol. The molecule has 8 aromatic carbocycles. The van der Waals surface area contributed by atoms with Crippen molar-refractivity contribution in [3.8, 4) is 33.4 Å². The van der Waals surface area contributed by atoms with Crippen LogP contribution >= 0.6 is 11.3 Å². The average Bonchev–Trinajstić information content (AvgIpc) is 4.04. The first-order valence-electron chi connectivity index (χ1n) is 19.1. The Balaban J connectivity index is 1.05. The van der Waals surface area contributed by atoms with E-state index >= 15 is 0 Å². The Morgan fingerprint density at radius 2 is 1.06 bits per heavy atom. The van der Waals surface area contributed by atoms with Gasteiger partial charge in [0.1, 0.15) is 22.3 Å². The zero-order chi connectivity index (χ0) is 35.3. The quantitative estimate of drug-likeness (QED) is 0.170. The molecule has 12 rings (SSSR count). The molecule has 3 heterocycles. The SMILES string of the molecule is c1ccc(-c2ccc3oc4ccc5c6ccc(-c7c8ccccc8c(-c8ccc9sc(C%10CCCC%10)cc9c8)c8ccccc78)cc6oc5c4c3c2)cc1. The number of rotatable bonds is 4. The van der Waals surface area contributed by atoms with E-state index < -0.39 is 0 Å². The van der Waals surface area contributed by atoms with Crippen molar-refractivity contribution in [3.05, 3.63) is 157 Å². The number of benzene rings is 8. The van der Waals surface area contributed by atoms with Crippen molar-refractivity contribution in [3.63, 3.8) is 0 Å². The number of hydrogen-bond acceptors (Lipinski definition) is 3. The first kappa shape index (κ1) is 30.3. The number of fused-ring (bicyclic) bond motifs is 10. The fraction of sp³-hybridized carbons (Fsp3) is 0.0980. The molecule has 1 saturated carbocycles. The molecule has 0 radical (unpaired) electrons. The monoisotopic (exact) mass is 710 g/mol. The van der Waals surface area contributed by atoms with Gasteiger partial charge in [-0.3, -0.25) is 0 Å². The minimum absolute atomic E-state index is 0.730. The summed E-state index contributed by atoms with van der Waals surface area (Å²) in [5.41, 5.74) is 10.7. The molecule has 0 amide bonds. The van der Waals surface area contributed by atoms with Gasteiger partial charge in [0.2, 0.25) is 0 Å². The lowest BCUT2D eigenvalue weighted by atomic mass is 9.85. The van der Waals surface area contributed by atoms with Crippen LogP contribution in [-0.4, -0.2) is 0 Å². The lowest BCUT2D eigenvalue weighted by Gasteiger charge is -2.17. The summed E-state index contributed by atoms with van der Waals surface area (Å²) < 4.78 is 14.6. The molecule has 0 aliphatic heterocycles. The fourth-order valence-corrected chi connectivity index (χ4v) is 10.7. The minimum atomic E-state index is 0.730. The van der Waals surface area contributed by atoms with E-state index in [2.05, 4.69) is 152 Å². The molecule has 54 heavy (non-hydrogen) atoms. The fourth-order valence-electron chi connectivity index (χ4n) is 9.44. The highest BCUT2D eigenvalue weighted by Crippen LogP contribution is 2.47. The van der Waals surface area contributed by atoms with Gasteiger partial charge in [-0.25, -0.2) is 0 Å². The summed E-state index contributed by atoms with van der Waals surface area (Å²) in [6, 6.07) is 55.4. The predicted octanol–water partition coefficient (Wildman–Crippen LogP) is 15.7. The number of hydrogen-bond donors (Lipinski definition) is 0. The Morgan fingerprint density at radius 3 is 1.80 bits per heavy atom. The van der Waals surface area contributed by atoms with Gasteiger partial charge in [-0.15, -0.1) is 11.3 Å². The highest BCUT2D eigenvalue weighted by molar-refractivity contribution is 7.19. The van der Waals surface area contributed by atoms with Gasteiger partial charge in [-0.2, -0.15) is 0 Å². The summed E-state index contributed by atoms with van der Waals surface area (Å²) in [6.45, 7) is 0. The van der Waals surface area contributed by atoms with Crippen LogP contribution in [0.1, 0.15) is 36.5 Å². The molecule has 0 unspecified atom stereocenters. The van der Waals surface area contributed by atoms with Gasteiger partial charge in [-0.1, -0.05) is 110 Å². The first-order chi connectivity index (χ1) is 26.7. The second-order valence-electron chi connectivity index (χ2n) is 15.0. The van der Waals surface area contributed by atoms with Crippen LogP contribution in [0.3, 0.4) is 0 Å². The van der Waals surface area contributed by atoms with Crippen LogP contribution in [0.15, 0.2) is 160 Å². The van der Waals surface area contributed by atoms with Gasteiger partial charge < -0.3 is 8.83 Å². The zero-order valence-electron chi connectivity index (χ0n) is 29.6. The Hall–Kier alpha value is -6.16. The van der Waals surface area contributed by atoms with Crippen LogP contribution in [0.5, 0.6) is 0 Å². The van der Waals surface area contributed by atoms with Crippen LogP contribution in [0.2, 0.25) is 0 Å². The first-order valence-corrected chi connectivity index (χ1v) is 19.9. The maximum absolute atomic E-state index is 6.88. The van der Waals surface area contributed by atoms with Gasteiger partial charge in [0, 0.05) is 25.7 Å². The molecule has 1 fully saturated rings. The standard InChI is InChI=1S/C51H34O2S/c1-2-10-30(11-3-1)32-19-23-43-42(27-32)50-44(52-43)24-22-41-36-21-18-34(28-45(36)53-51(41)50)49-39-16-8-6-14-37(39)48(38-15-7-9-17-40(38)49)33-20-25-46-35(26-33)29-47(54-46)31-12-4-5-13-31/h1-3,6-11,14-29,31H,4-5,12-13H2. The number of thiophene rings is 1. The van der Waals surface area contributed by atoms with E-state index in [1.165, 1.54) is 79.6 Å². The molecule has 3 aromatic heterocycles. The largest absolute Gasteiger partial charge is 0.456 e. The molecule has 0 spiro atoms. The van der Waals surface area contributed by atoms with Crippen molar-refractivity contribution >= 4 is 86.8 Å². The van der Waals surface area contributed by atoms with Gasteiger partial charge in [0.05, 0.1) is 5.39 Å². The van der Waals surface area contributed by atoms with E-state index in [1.807, 2.05) is 11.3 Å². The molecule has 256 valence electrons. The molecule has 0 atom stereocenters. The van der Waals surface area contributed by atoms with E-state index in [0.717, 1.165) is 60.9 Å². The van der Waals surface area contributed by atoms with Crippen molar-refractivity contribution < 1.29 is 8.83 Å². The minimum Gasteiger partial charge on any atom is -0.456 e. The molecular weight excluding hydrogens is 677 g/mol. The smallest absolute Gasteiger partial charge is 0.147 e. The van der Waals surface area contributed by atoms with E-state index in [1.54, 1.807) is 4.88 Å². The third-order valence-electron chi connectivity index (χ3n) is 12.0. The van der Waals surface area contributed by atoms with Gasteiger partial charge in [-0.05, 0) is 134 Å². The summed E-state index contributed by atoms with van der Waals surface area (Å²) in [6.07, 6.45) is 5.38. The Bertz CT molecular complexity index is 3220. The molecule has 1 aliphatic carbocycles. The molecule has 3 heteroatoms. The molecule has 0 N–H and O–H groups in total. The molecule has 1 aliphatic rings. The van der Waals surface area contributed by atoms with Gasteiger partial charge in [0.15, 0.2) is 0 Å². The lowest BCUT2D eigenvalue weighted by Crippen LogP contribution is -1.90. The topological polar surface area (TPSA) is 26.3 Å². The van der Waals surface area contributed by atoms with E-state index in [-0.39, 0.29) is 0 Å². The molecule has 2 nitrogen and oxygen atoms in total. The summed E-state index contributed by atoms with van der Waals surface area (Å²) in [4.78, 5) is 1.56. The van der Waals surface area contributed by atoms with Crippen molar-refractivity contribution in [2.75, 3.05) is 0 Å². The zero-order valence-corrected chi connectivity index (χ0v) is 30.4. The number of furan rings is 2. The highest BCUT2D eigenvalue weighted by Gasteiger charge is 2.22. The van der Waals surface area contributed by atoms with Gasteiger partial charge in [0.25, 0.3) is 0 Å². The van der Waals surface area contributed by atoms with E-state index in [4.69, 9.17) is 8.83 Å². The van der Waals surface area contributed by atoms with Crippen LogP contribution < -0.4 is 0 Å². The van der Waals surface area contributed by atoms with Crippen molar-refractivity contribution in [1.82, 2.24) is 0 Å². The summed E-state index contributed by atoms with van der Waals surface area (Å²) in [5, 5.41) is 10.7. The summed E-state index contributed by atoms with van der Waals surface area (Å²) in [7, 11) is 0. The summed E-state index contributed by atoms with van der Waals surface area (Å²) in [5.74, 6) is 0.730. The Morgan fingerprint density at radius 1 is 0.426 bits per heavy atom. The van der Waals surface area contributed by atoms with Crippen LogP contribution in [0, 0.1) is 0 Å². The molecule has 0 saturated heterocycles. The third kappa shape index (κ3) is 4.52. The van der Waals surface area contributed by atoms with Crippen molar-refractivity contribution in [1.29, 1.82) is 0 Å². The van der Waals surface area contributed by atoms with Crippen LogP contribution in [0.25, 0.3) is 109 Å². The Labute approximate surface area is 315 Å². The van der Waals surface area contributed by atoms with Crippen molar-refractivity contribution in [2.45, 2.75) is 31.6 Å². The second kappa shape index (κ2) is 11.7. The molecule has 0 bridgehead atoms. The van der Waals surface area contributed by atoms with Crippen LogP contribution in [-0.2, 0) is 0 Å². The highest BCUT2D eigenvalue weighted by atomic mass is 32.1. The normalized spacial score (nSPS) is 13.9. The second-order valence-corrected chi connectivity index (χ2v) is 16.1. The van der Waals surface area contributed by atoms with Crippen LogP contribution in [0.4, 0.5) is 0 Å². The van der Waals surface area contributed by atoms with E-state index in [0.29, 0.717) is 0 Å². The molecular formula is C51H34O2S. The maximum atomic E-state index is 6.88. The molecule has 11 aromatic rings. The third-order valence-corrected chi connectivity index (χ3v) is 13.3. The van der Waals surface area contributed by atoms with Gasteiger partial charge >= 0.3 is 0 Å².